The SMILES string of the molecule is CC(=O)c1ccc(C2CN3CCC2CC3)nc1. The fourth-order valence-electron chi connectivity index (χ4n) is 3.13. The zero-order chi connectivity index (χ0) is 11.8. The van der Waals surface area contributed by atoms with Crippen LogP contribution in [0.3, 0.4) is 0 Å². The topological polar surface area (TPSA) is 33.2 Å². The monoisotopic (exact) mass is 230 g/mol. The Hall–Kier alpha value is -1.22. The summed E-state index contributed by atoms with van der Waals surface area (Å²) < 4.78 is 0. The first-order valence-electron chi connectivity index (χ1n) is 6.43. The molecule has 3 nitrogen and oxygen atoms in total. The van der Waals surface area contributed by atoms with Gasteiger partial charge in [-0.2, -0.15) is 0 Å². The van der Waals surface area contributed by atoms with Crippen LogP contribution in [-0.4, -0.2) is 35.3 Å². The van der Waals surface area contributed by atoms with Crippen LogP contribution < -0.4 is 0 Å². The number of hydrogen-bond donors (Lipinski definition) is 0. The lowest BCUT2D eigenvalue weighted by atomic mass is 9.77. The van der Waals surface area contributed by atoms with Gasteiger partial charge in [0.1, 0.15) is 0 Å². The van der Waals surface area contributed by atoms with Gasteiger partial charge in [0, 0.05) is 29.9 Å². The number of ketones is 1. The minimum atomic E-state index is 0.0953. The first-order chi connectivity index (χ1) is 8.24. The van der Waals surface area contributed by atoms with Crippen molar-refractivity contribution in [2.45, 2.75) is 25.7 Å². The molecule has 0 aliphatic carbocycles. The summed E-state index contributed by atoms with van der Waals surface area (Å²) in [6, 6.07) is 3.96. The van der Waals surface area contributed by atoms with E-state index in [0.717, 1.165) is 18.0 Å². The van der Waals surface area contributed by atoms with E-state index in [9.17, 15) is 4.79 Å². The summed E-state index contributed by atoms with van der Waals surface area (Å²) in [5.74, 6) is 1.48. The van der Waals surface area contributed by atoms with E-state index in [1.54, 1.807) is 13.1 Å². The van der Waals surface area contributed by atoms with Crippen LogP contribution in [0, 0.1) is 5.92 Å². The maximum absolute atomic E-state index is 11.2. The van der Waals surface area contributed by atoms with E-state index in [4.69, 9.17) is 0 Å². The van der Waals surface area contributed by atoms with Crippen LogP contribution in [0.1, 0.15) is 41.7 Å². The number of nitrogens with zero attached hydrogens (tertiary/aromatic N) is 2. The molecule has 4 heterocycles. The number of carbonyl (C=O) groups is 1. The van der Waals surface area contributed by atoms with Crippen molar-refractivity contribution < 1.29 is 4.79 Å². The number of aromatic nitrogens is 1. The number of pyridine rings is 1. The molecular formula is C14H18N2O. The number of rotatable bonds is 2. The molecule has 3 aliphatic rings. The first-order valence-corrected chi connectivity index (χ1v) is 6.43. The number of hydrogen-bond acceptors (Lipinski definition) is 3. The molecule has 0 amide bonds. The fourth-order valence-corrected chi connectivity index (χ4v) is 3.13. The molecule has 3 heteroatoms. The van der Waals surface area contributed by atoms with Crippen LogP contribution in [0.5, 0.6) is 0 Å². The molecule has 2 bridgehead atoms. The lowest BCUT2D eigenvalue weighted by molar-refractivity contribution is 0.0854. The molecule has 1 aromatic heterocycles. The van der Waals surface area contributed by atoms with Crippen molar-refractivity contribution in [1.29, 1.82) is 0 Å². The van der Waals surface area contributed by atoms with Gasteiger partial charge >= 0.3 is 0 Å². The molecule has 0 saturated carbocycles. The lowest BCUT2D eigenvalue weighted by Crippen LogP contribution is -2.46. The van der Waals surface area contributed by atoms with E-state index < -0.39 is 0 Å². The lowest BCUT2D eigenvalue weighted by Gasteiger charge is -2.44. The summed E-state index contributed by atoms with van der Waals surface area (Å²) in [7, 11) is 0. The quantitative estimate of drug-likeness (QED) is 0.729. The Morgan fingerprint density at radius 1 is 1.35 bits per heavy atom. The Morgan fingerprint density at radius 3 is 2.59 bits per heavy atom. The minimum absolute atomic E-state index is 0.0953. The van der Waals surface area contributed by atoms with Crippen LogP contribution >= 0.6 is 0 Å². The maximum Gasteiger partial charge on any atom is 0.161 e. The highest BCUT2D eigenvalue weighted by molar-refractivity contribution is 5.93. The molecule has 3 aliphatic heterocycles. The largest absolute Gasteiger partial charge is 0.303 e. The van der Waals surface area contributed by atoms with Gasteiger partial charge in [0.15, 0.2) is 5.78 Å². The number of Topliss-reactive ketones (excluding diaryl/α,β-unsaturated/α-hetero) is 1. The van der Waals surface area contributed by atoms with Gasteiger partial charge in [0.25, 0.3) is 0 Å². The molecule has 3 fully saturated rings. The van der Waals surface area contributed by atoms with Crippen molar-refractivity contribution in [3.63, 3.8) is 0 Å². The third-order valence-electron chi connectivity index (χ3n) is 4.23. The summed E-state index contributed by atoms with van der Waals surface area (Å²) in [5, 5.41) is 0. The molecule has 1 aromatic rings. The van der Waals surface area contributed by atoms with Crippen molar-refractivity contribution >= 4 is 5.78 Å². The first kappa shape index (κ1) is 10.9. The molecule has 0 radical (unpaired) electrons. The standard InChI is InChI=1S/C14H18N2O/c1-10(17)12-2-3-14(15-8-12)13-9-16-6-4-11(13)5-7-16/h2-3,8,11,13H,4-7,9H2,1H3. The van der Waals surface area contributed by atoms with Crippen molar-refractivity contribution in [3.05, 3.63) is 29.6 Å². The molecule has 0 spiro atoms. The molecule has 17 heavy (non-hydrogen) atoms. The van der Waals surface area contributed by atoms with E-state index in [2.05, 4.69) is 9.88 Å². The second-order valence-corrected chi connectivity index (χ2v) is 5.27. The van der Waals surface area contributed by atoms with Crippen molar-refractivity contribution in [1.82, 2.24) is 9.88 Å². The van der Waals surface area contributed by atoms with Gasteiger partial charge in [0.2, 0.25) is 0 Å². The van der Waals surface area contributed by atoms with Gasteiger partial charge in [-0.1, -0.05) is 0 Å². The Kier molecular flexibility index (Phi) is 2.71. The molecule has 4 rings (SSSR count). The molecule has 0 aromatic carbocycles. The number of piperidine rings is 3. The van der Waals surface area contributed by atoms with Crippen molar-refractivity contribution in [3.8, 4) is 0 Å². The van der Waals surface area contributed by atoms with Crippen molar-refractivity contribution in [2.24, 2.45) is 5.92 Å². The van der Waals surface area contributed by atoms with Gasteiger partial charge < -0.3 is 4.90 Å². The molecule has 0 N–H and O–H groups in total. The molecule has 90 valence electrons. The zero-order valence-electron chi connectivity index (χ0n) is 10.2. The minimum Gasteiger partial charge on any atom is -0.303 e. The zero-order valence-corrected chi connectivity index (χ0v) is 10.2. The predicted molar refractivity (Wildman–Crippen MR) is 66.1 cm³/mol. The van der Waals surface area contributed by atoms with Gasteiger partial charge in [-0.3, -0.25) is 9.78 Å². The molecule has 3 saturated heterocycles. The Labute approximate surface area is 102 Å². The van der Waals surface area contributed by atoms with Crippen LogP contribution in [0.2, 0.25) is 0 Å². The second-order valence-electron chi connectivity index (χ2n) is 5.27. The van der Waals surface area contributed by atoms with E-state index in [-0.39, 0.29) is 5.78 Å². The summed E-state index contributed by atoms with van der Waals surface area (Å²) in [6.45, 7) is 5.25. The average molecular weight is 230 g/mol. The Morgan fingerprint density at radius 2 is 2.12 bits per heavy atom. The maximum atomic E-state index is 11.2. The molecule has 1 unspecified atom stereocenters. The average Bonchev–Trinajstić information content (AvgIpc) is 2.40. The summed E-state index contributed by atoms with van der Waals surface area (Å²) >= 11 is 0. The fraction of sp³-hybridized carbons (Fsp3) is 0.571. The third kappa shape index (κ3) is 2.00. The molecule has 1 atom stereocenters. The van der Waals surface area contributed by atoms with Crippen LogP contribution in [0.4, 0.5) is 0 Å². The van der Waals surface area contributed by atoms with Crippen LogP contribution in [0.25, 0.3) is 0 Å². The molecular weight excluding hydrogens is 212 g/mol. The highest BCUT2D eigenvalue weighted by Gasteiger charge is 2.35. The van der Waals surface area contributed by atoms with Gasteiger partial charge in [-0.25, -0.2) is 0 Å². The van der Waals surface area contributed by atoms with E-state index >= 15 is 0 Å². The smallest absolute Gasteiger partial charge is 0.161 e. The van der Waals surface area contributed by atoms with Crippen molar-refractivity contribution in [2.75, 3.05) is 19.6 Å². The van der Waals surface area contributed by atoms with Gasteiger partial charge in [-0.15, -0.1) is 0 Å². The third-order valence-corrected chi connectivity index (χ3v) is 4.23. The van der Waals surface area contributed by atoms with Gasteiger partial charge in [0.05, 0.1) is 0 Å². The van der Waals surface area contributed by atoms with Crippen LogP contribution in [0.15, 0.2) is 18.3 Å². The van der Waals surface area contributed by atoms with E-state index in [1.165, 1.54) is 31.6 Å². The van der Waals surface area contributed by atoms with E-state index in [1.807, 2.05) is 12.1 Å². The Bertz CT molecular complexity index is 418. The van der Waals surface area contributed by atoms with Crippen LogP contribution in [-0.2, 0) is 0 Å². The number of carbonyl (C=O) groups excluding carboxylic acids is 1. The summed E-state index contributed by atoms with van der Waals surface area (Å²) in [5.41, 5.74) is 1.89. The summed E-state index contributed by atoms with van der Waals surface area (Å²) in [6.07, 6.45) is 4.34. The second kappa shape index (κ2) is 4.22. The van der Waals surface area contributed by atoms with Gasteiger partial charge in [-0.05, 0) is 50.9 Å². The highest BCUT2D eigenvalue weighted by Crippen LogP contribution is 2.37. The van der Waals surface area contributed by atoms with E-state index in [0.29, 0.717) is 5.92 Å². The highest BCUT2D eigenvalue weighted by atomic mass is 16.1. The summed E-state index contributed by atoms with van der Waals surface area (Å²) in [4.78, 5) is 18.2. The Balaban J connectivity index is 1.82. The number of fused-ring (bicyclic) bond motifs is 3. The predicted octanol–water partition coefficient (Wildman–Crippen LogP) is 2.09. The normalized spacial score (nSPS) is 31.5.